The van der Waals surface area contributed by atoms with E-state index in [0.29, 0.717) is 5.75 Å². The molecule has 0 radical (unpaired) electrons. The maximum atomic E-state index is 11.9. The molecule has 25 heavy (non-hydrogen) atoms. The molecule has 0 fully saturated rings. The van der Waals surface area contributed by atoms with Gasteiger partial charge in [0.15, 0.2) is 6.79 Å². The van der Waals surface area contributed by atoms with Crippen LogP contribution in [0.4, 0.5) is 5.69 Å². The molecule has 0 aliphatic rings. The highest BCUT2D eigenvalue weighted by Gasteiger charge is 2.10. The number of hydrogen-bond acceptors (Lipinski definition) is 5. The number of carboxylic acid groups (broad SMARTS) is 1. The van der Waals surface area contributed by atoms with Crippen LogP contribution in [0, 0.1) is 0 Å². The summed E-state index contributed by atoms with van der Waals surface area (Å²) in [4.78, 5) is 22.9. The summed E-state index contributed by atoms with van der Waals surface area (Å²) in [5.41, 5.74) is 0.776. The van der Waals surface area contributed by atoms with Crippen LogP contribution >= 0.6 is 0 Å². The van der Waals surface area contributed by atoms with Crippen LogP contribution in [0.1, 0.15) is 15.9 Å². The number of carboxylic acids is 1. The van der Waals surface area contributed by atoms with Crippen LogP contribution in [0.3, 0.4) is 0 Å². The van der Waals surface area contributed by atoms with E-state index in [9.17, 15) is 14.7 Å². The Bertz CT molecular complexity index is 783. The normalized spacial score (nSPS) is 10.6. The van der Waals surface area contributed by atoms with Crippen molar-refractivity contribution in [1.82, 2.24) is 0 Å². The Kier molecular flexibility index (Phi) is 6.14. The highest BCUT2D eigenvalue weighted by molar-refractivity contribution is 6.03. The van der Waals surface area contributed by atoms with Gasteiger partial charge in [-0.2, -0.15) is 0 Å². The number of hydrogen-bond donors (Lipinski definition) is 3. The number of carbonyl (C=O) groups excluding carboxylic acids is 1. The van der Waals surface area contributed by atoms with Crippen molar-refractivity contribution in [3.05, 3.63) is 59.7 Å². The number of anilines is 1. The number of rotatable bonds is 7. The van der Waals surface area contributed by atoms with Gasteiger partial charge >= 0.3 is 5.97 Å². The molecular formula is C18H17NO6. The molecule has 0 saturated carbocycles. The van der Waals surface area contributed by atoms with E-state index in [2.05, 4.69) is 5.32 Å². The Hall–Kier alpha value is -3.32. The lowest BCUT2D eigenvalue weighted by atomic mass is 10.1. The summed E-state index contributed by atoms with van der Waals surface area (Å²) in [6.45, 7) is 0.155. The molecule has 1 amide bonds. The van der Waals surface area contributed by atoms with Gasteiger partial charge in [-0.1, -0.05) is 12.1 Å². The molecular weight excluding hydrogens is 326 g/mol. The molecule has 0 saturated heterocycles. The van der Waals surface area contributed by atoms with E-state index in [1.807, 2.05) is 0 Å². The summed E-state index contributed by atoms with van der Waals surface area (Å²) in [7, 11) is 1.53. The SMILES string of the molecule is COCOc1ccc(/C=C/C(=O)Nc2ccc(O)c(C(=O)O)c2)cc1. The fraction of sp³-hybridized carbons (Fsp3) is 0.111. The minimum absolute atomic E-state index is 0.155. The van der Waals surface area contributed by atoms with Gasteiger partial charge in [-0.25, -0.2) is 4.79 Å². The number of carbonyl (C=O) groups is 2. The molecule has 0 unspecified atom stereocenters. The molecule has 0 bridgehead atoms. The minimum Gasteiger partial charge on any atom is -0.507 e. The third-order valence-corrected chi connectivity index (χ3v) is 3.15. The first-order valence-electron chi connectivity index (χ1n) is 7.27. The number of ether oxygens (including phenoxy) is 2. The quantitative estimate of drug-likeness (QED) is 0.406. The summed E-state index contributed by atoms with van der Waals surface area (Å²) in [6.07, 6.45) is 2.92. The number of benzene rings is 2. The zero-order chi connectivity index (χ0) is 18.2. The van der Waals surface area contributed by atoms with Crippen LogP contribution < -0.4 is 10.1 Å². The Morgan fingerprint density at radius 1 is 1.16 bits per heavy atom. The van der Waals surface area contributed by atoms with Crippen molar-refractivity contribution in [1.29, 1.82) is 0 Å². The molecule has 0 aromatic heterocycles. The lowest BCUT2D eigenvalue weighted by molar-refractivity contribution is -0.111. The lowest BCUT2D eigenvalue weighted by Gasteiger charge is -2.05. The lowest BCUT2D eigenvalue weighted by Crippen LogP contribution is -2.08. The molecule has 3 N–H and O–H groups in total. The summed E-state index contributed by atoms with van der Waals surface area (Å²) in [6, 6.07) is 10.9. The van der Waals surface area contributed by atoms with Crippen molar-refractivity contribution in [2.45, 2.75) is 0 Å². The number of aromatic carboxylic acids is 1. The number of nitrogens with one attached hydrogen (secondary N) is 1. The van der Waals surface area contributed by atoms with Crippen molar-refractivity contribution >= 4 is 23.6 Å². The van der Waals surface area contributed by atoms with E-state index >= 15 is 0 Å². The topological polar surface area (TPSA) is 105 Å². The Morgan fingerprint density at radius 2 is 1.88 bits per heavy atom. The van der Waals surface area contributed by atoms with E-state index < -0.39 is 11.9 Å². The van der Waals surface area contributed by atoms with Crippen LogP contribution in [-0.2, 0) is 9.53 Å². The van der Waals surface area contributed by atoms with Gasteiger partial charge in [0.1, 0.15) is 17.1 Å². The molecule has 0 atom stereocenters. The molecule has 7 heteroatoms. The highest BCUT2D eigenvalue weighted by atomic mass is 16.7. The molecule has 0 heterocycles. The Balaban J connectivity index is 1.99. The van der Waals surface area contributed by atoms with Crippen LogP contribution in [0.2, 0.25) is 0 Å². The molecule has 0 aliphatic heterocycles. The van der Waals surface area contributed by atoms with Gasteiger partial charge in [-0.3, -0.25) is 4.79 Å². The van der Waals surface area contributed by atoms with E-state index in [0.717, 1.165) is 5.56 Å². The third kappa shape index (κ3) is 5.36. The molecule has 130 valence electrons. The number of methoxy groups -OCH3 is 1. The first-order chi connectivity index (χ1) is 12.0. The fourth-order valence-electron chi connectivity index (χ4n) is 1.94. The van der Waals surface area contributed by atoms with Crippen LogP contribution in [0.25, 0.3) is 6.08 Å². The molecule has 2 aromatic carbocycles. The van der Waals surface area contributed by atoms with Crippen LogP contribution in [0.5, 0.6) is 11.5 Å². The van der Waals surface area contributed by atoms with Gasteiger partial charge in [0.2, 0.25) is 5.91 Å². The van der Waals surface area contributed by atoms with Crippen LogP contribution in [-0.4, -0.2) is 36.0 Å². The first kappa shape index (κ1) is 18.0. The maximum absolute atomic E-state index is 11.9. The standard InChI is InChI=1S/C18H17NO6/c1-24-11-25-14-6-2-12(3-7-14)4-9-17(21)19-13-5-8-16(20)15(10-13)18(22)23/h2-10,20H,11H2,1H3,(H,19,21)(H,22,23)/b9-4+. The number of amides is 1. The monoisotopic (exact) mass is 343 g/mol. The first-order valence-corrected chi connectivity index (χ1v) is 7.27. The predicted octanol–water partition coefficient (Wildman–Crippen LogP) is 2.73. The average molecular weight is 343 g/mol. The zero-order valence-electron chi connectivity index (χ0n) is 13.4. The maximum Gasteiger partial charge on any atom is 0.339 e. The van der Waals surface area contributed by atoms with Crippen LogP contribution in [0.15, 0.2) is 48.5 Å². The van der Waals surface area contributed by atoms with E-state index in [-0.39, 0.29) is 23.8 Å². The molecule has 2 aromatic rings. The van der Waals surface area contributed by atoms with Crippen molar-refractivity contribution in [3.63, 3.8) is 0 Å². The molecule has 2 rings (SSSR count). The second kappa shape index (κ2) is 8.51. The fourth-order valence-corrected chi connectivity index (χ4v) is 1.94. The van der Waals surface area contributed by atoms with Gasteiger partial charge in [-0.05, 0) is 42.0 Å². The molecule has 0 aliphatic carbocycles. The third-order valence-electron chi connectivity index (χ3n) is 3.15. The second-order valence-corrected chi connectivity index (χ2v) is 4.98. The number of phenols is 1. The average Bonchev–Trinajstić information content (AvgIpc) is 2.60. The highest BCUT2D eigenvalue weighted by Crippen LogP contribution is 2.21. The zero-order valence-corrected chi connectivity index (χ0v) is 13.4. The minimum atomic E-state index is -1.28. The predicted molar refractivity (Wildman–Crippen MR) is 91.7 cm³/mol. The molecule has 7 nitrogen and oxygen atoms in total. The summed E-state index contributed by atoms with van der Waals surface area (Å²) < 4.78 is 10.1. The number of aromatic hydroxyl groups is 1. The van der Waals surface area contributed by atoms with Crippen molar-refractivity contribution in [3.8, 4) is 11.5 Å². The summed E-state index contributed by atoms with van der Waals surface area (Å²) in [5, 5.41) is 20.9. The Morgan fingerprint density at radius 3 is 2.52 bits per heavy atom. The van der Waals surface area contributed by atoms with E-state index in [1.165, 1.54) is 31.4 Å². The van der Waals surface area contributed by atoms with Gasteiger partial charge in [-0.15, -0.1) is 0 Å². The van der Waals surface area contributed by atoms with Crippen molar-refractivity contribution in [2.75, 3.05) is 19.2 Å². The van der Waals surface area contributed by atoms with Crippen molar-refractivity contribution < 1.29 is 29.3 Å². The smallest absolute Gasteiger partial charge is 0.339 e. The van der Waals surface area contributed by atoms with Crippen molar-refractivity contribution in [2.24, 2.45) is 0 Å². The largest absolute Gasteiger partial charge is 0.507 e. The van der Waals surface area contributed by atoms with Gasteiger partial charge in [0.05, 0.1) is 0 Å². The second-order valence-electron chi connectivity index (χ2n) is 4.98. The summed E-state index contributed by atoms with van der Waals surface area (Å²) >= 11 is 0. The van der Waals surface area contributed by atoms with Gasteiger partial charge in [0, 0.05) is 18.9 Å². The van der Waals surface area contributed by atoms with E-state index in [4.69, 9.17) is 14.6 Å². The summed E-state index contributed by atoms with van der Waals surface area (Å²) in [5.74, 6) is -1.42. The Labute approximate surface area is 144 Å². The van der Waals surface area contributed by atoms with E-state index in [1.54, 1.807) is 30.3 Å². The van der Waals surface area contributed by atoms with Gasteiger partial charge in [0.25, 0.3) is 0 Å². The van der Waals surface area contributed by atoms with Gasteiger partial charge < -0.3 is 25.0 Å². The molecule has 0 spiro atoms.